The third kappa shape index (κ3) is 4.73. The van der Waals surface area contributed by atoms with Gasteiger partial charge in [-0.1, -0.05) is 18.2 Å². The van der Waals surface area contributed by atoms with Gasteiger partial charge in [-0.15, -0.1) is 0 Å². The lowest BCUT2D eigenvalue weighted by Gasteiger charge is -2.33. The number of nitriles is 1. The second-order valence-corrected chi connectivity index (χ2v) is 6.33. The molecule has 0 amide bonds. The Kier molecular flexibility index (Phi) is 6.05. The highest BCUT2D eigenvalue weighted by Crippen LogP contribution is 2.17. The summed E-state index contributed by atoms with van der Waals surface area (Å²) in [5, 5.41) is 15.7. The van der Waals surface area contributed by atoms with Crippen molar-refractivity contribution < 1.29 is 0 Å². The number of hydrogen-bond donors (Lipinski definition) is 2. The van der Waals surface area contributed by atoms with Crippen LogP contribution in [0.2, 0.25) is 0 Å². The van der Waals surface area contributed by atoms with Crippen molar-refractivity contribution in [2.45, 2.75) is 25.4 Å². The minimum atomic E-state index is 0.405. The minimum Gasteiger partial charge on any atom is -0.356 e. The minimum absolute atomic E-state index is 0.405. The molecule has 0 spiro atoms. The summed E-state index contributed by atoms with van der Waals surface area (Å²) in [5.74, 6) is 1.86. The smallest absolute Gasteiger partial charge is 0.191 e. The molecule has 2 N–H and O–H groups in total. The molecule has 0 aliphatic carbocycles. The molecule has 6 nitrogen and oxygen atoms in total. The summed E-state index contributed by atoms with van der Waals surface area (Å²) in [7, 11) is 1.79. The summed E-state index contributed by atoms with van der Waals surface area (Å²) < 4.78 is 0. The average Bonchev–Trinajstić information content (AvgIpc) is 2.72. The standard InChI is InChI=1S/C20H24N6/c1-22-20(24-15-17-7-5-16(14-21)6-8-17)25-18-9-12-26(13-10-18)19-4-2-3-11-23-19/h2-8,11,18H,9-10,12-13,15H2,1H3,(H2,22,24,25). The molecule has 1 saturated heterocycles. The van der Waals surface area contributed by atoms with Crippen LogP contribution in [0.25, 0.3) is 0 Å². The molecular weight excluding hydrogens is 324 g/mol. The van der Waals surface area contributed by atoms with Crippen molar-refractivity contribution in [3.8, 4) is 6.07 Å². The Morgan fingerprint density at radius 1 is 1.23 bits per heavy atom. The molecule has 1 fully saturated rings. The molecule has 134 valence electrons. The number of nitrogens with one attached hydrogen (secondary N) is 2. The molecule has 1 aliphatic heterocycles. The van der Waals surface area contributed by atoms with E-state index in [-0.39, 0.29) is 0 Å². The first-order chi connectivity index (χ1) is 12.8. The topological polar surface area (TPSA) is 76.3 Å². The van der Waals surface area contributed by atoms with Crippen LogP contribution in [0.15, 0.2) is 53.7 Å². The molecule has 2 aromatic rings. The maximum absolute atomic E-state index is 8.86. The summed E-state index contributed by atoms with van der Waals surface area (Å²) in [6.45, 7) is 2.65. The Bertz CT molecular complexity index is 755. The van der Waals surface area contributed by atoms with E-state index in [9.17, 15) is 0 Å². The second kappa shape index (κ2) is 8.86. The number of piperidine rings is 1. The van der Waals surface area contributed by atoms with Gasteiger partial charge in [0, 0.05) is 38.9 Å². The van der Waals surface area contributed by atoms with Crippen LogP contribution in [0.4, 0.5) is 5.82 Å². The molecule has 0 saturated carbocycles. The van der Waals surface area contributed by atoms with Crippen molar-refractivity contribution in [3.05, 3.63) is 59.8 Å². The lowest BCUT2D eigenvalue weighted by atomic mass is 10.1. The molecule has 0 radical (unpaired) electrons. The molecule has 0 bridgehead atoms. The van der Waals surface area contributed by atoms with Gasteiger partial charge in [0.05, 0.1) is 11.6 Å². The molecule has 1 aromatic heterocycles. The van der Waals surface area contributed by atoms with E-state index in [1.165, 1.54) is 0 Å². The van der Waals surface area contributed by atoms with Crippen molar-refractivity contribution in [2.24, 2.45) is 4.99 Å². The first kappa shape index (κ1) is 17.7. The van der Waals surface area contributed by atoms with Gasteiger partial charge < -0.3 is 15.5 Å². The summed E-state index contributed by atoms with van der Waals surface area (Å²) in [6.07, 6.45) is 3.94. The van der Waals surface area contributed by atoms with E-state index in [2.05, 4.69) is 37.6 Å². The Labute approximate surface area is 154 Å². The van der Waals surface area contributed by atoms with E-state index >= 15 is 0 Å². The Balaban J connectivity index is 1.46. The summed E-state index contributed by atoms with van der Waals surface area (Å²) in [4.78, 5) is 11.1. The summed E-state index contributed by atoms with van der Waals surface area (Å²) >= 11 is 0. The third-order valence-corrected chi connectivity index (χ3v) is 4.58. The van der Waals surface area contributed by atoms with Crippen LogP contribution in [-0.2, 0) is 6.54 Å². The lowest BCUT2D eigenvalue weighted by Crippen LogP contribution is -2.48. The van der Waals surface area contributed by atoms with Gasteiger partial charge in [0.25, 0.3) is 0 Å². The largest absolute Gasteiger partial charge is 0.356 e. The number of nitrogens with zero attached hydrogens (tertiary/aromatic N) is 4. The molecule has 1 aliphatic rings. The van der Waals surface area contributed by atoms with Crippen molar-refractivity contribution in [2.75, 3.05) is 25.0 Å². The van der Waals surface area contributed by atoms with Gasteiger partial charge in [0.2, 0.25) is 0 Å². The number of anilines is 1. The lowest BCUT2D eigenvalue weighted by molar-refractivity contribution is 0.459. The summed E-state index contributed by atoms with van der Waals surface area (Å²) in [6, 6.07) is 16.2. The van der Waals surface area contributed by atoms with Gasteiger partial charge in [-0.2, -0.15) is 5.26 Å². The zero-order valence-corrected chi connectivity index (χ0v) is 15.0. The molecular formula is C20H24N6. The number of aliphatic imine (C=N–C) groups is 1. The van der Waals surface area contributed by atoms with Gasteiger partial charge in [0.15, 0.2) is 5.96 Å². The Hall–Kier alpha value is -3.07. The number of aromatic nitrogens is 1. The van der Waals surface area contributed by atoms with Gasteiger partial charge in [-0.25, -0.2) is 4.98 Å². The summed E-state index contributed by atoms with van der Waals surface area (Å²) in [5.41, 5.74) is 1.80. The van der Waals surface area contributed by atoms with Crippen molar-refractivity contribution in [3.63, 3.8) is 0 Å². The van der Waals surface area contributed by atoms with Crippen LogP contribution in [0.1, 0.15) is 24.0 Å². The van der Waals surface area contributed by atoms with Crippen LogP contribution in [-0.4, -0.2) is 37.1 Å². The van der Waals surface area contributed by atoms with E-state index in [1.54, 1.807) is 7.05 Å². The van der Waals surface area contributed by atoms with Crippen molar-refractivity contribution >= 4 is 11.8 Å². The predicted molar refractivity (Wildman–Crippen MR) is 104 cm³/mol. The highest BCUT2D eigenvalue weighted by Gasteiger charge is 2.20. The van der Waals surface area contributed by atoms with E-state index in [0.717, 1.165) is 43.3 Å². The maximum Gasteiger partial charge on any atom is 0.191 e. The molecule has 26 heavy (non-hydrogen) atoms. The third-order valence-electron chi connectivity index (χ3n) is 4.58. The van der Waals surface area contributed by atoms with E-state index in [1.807, 2.05) is 42.6 Å². The van der Waals surface area contributed by atoms with Gasteiger partial charge in [-0.3, -0.25) is 4.99 Å². The molecule has 2 heterocycles. The molecule has 0 atom stereocenters. The van der Waals surface area contributed by atoms with Crippen LogP contribution in [0, 0.1) is 11.3 Å². The SMILES string of the molecule is CN=C(NCc1ccc(C#N)cc1)NC1CCN(c2ccccn2)CC1. The van der Waals surface area contributed by atoms with Crippen LogP contribution in [0.3, 0.4) is 0 Å². The van der Waals surface area contributed by atoms with E-state index in [4.69, 9.17) is 5.26 Å². The molecule has 3 rings (SSSR count). The van der Waals surface area contributed by atoms with Crippen LogP contribution >= 0.6 is 0 Å². The van der Waals surface area contributed by atoms with Crippen molar-refractivity contribution in [1.82, 2.24) is 15.6 Å². The second-order valence-electron chi connectivity index (χ2n) is 6.33. The van der Waals surface area contributed by atoms with E-state index in [0.29, 0.717) is 18.2 Å². The average molecular weight is 348 g/mol. The number of benzene rings is 1. The number of rotatable bonds is 4. The Morgan fingerprint density at radius 2 is 2.00 bits per heavy atom. The fourth-order valence-corrected chi connectivity index (χ4v) is 3.06. The number of guanidine groups is 1. The fraction of sp³-hybridized carbons (Fsp3) is 0.350. The normalized spacial score (nSPS) is 15.4. The zero-order chi connectivity index (χ0) is 18.2. The zero-order valence-electron chi connectivity index (χ0n) is 15.0. The van der Waals surface area contributed by atoms with E-state index < -0.39 is 0 Å². The Morgan fingerprint density at radius 3 is 2.62 bits per heavy atom. The number of hydrogen-bond acceptors (Lipinski definition) is 4. The molecule has 1 aromatic carbocycles. The fourth-order valence-electron chi connectivity index (χ4n) is 3.06. The van der Waals surface area contributed by atoms with Gasteiger partial charge in [-0.05, 0) is 42.7 Å². The highest BCUT2D eigenvalue weighted by atomic mass is 15.2. The van der Waals surface area contributed by atoms with Crippen LogP contribution < -0.4 is 15.5 Å². The number of pyridine rings is 1. The first-order valence-corrected chi connectivity index (χ1v) is 8.90. The maximum atomic E-state index is 8.86. The first-order valence-electron chi connectivity index (χ1n) is 8.90. The molecule has 6 heteroatoms. The molecule has 0 unspecified atom stereocenters. The predicted octanol–water partition coefficient (Wildman–Crippen LogP) is 2.29. The van der Waals surface area contributed by atoms with Gasteiger partial charge >= 0.3 is 0 Å². The highest BCUT2D eigenvalue weighted by molar-refractivity contribution is 5.80. The quantitative estimate of drug-likeness (QED) is 0.655. The van der Waals surface area contributed by atoms with Crippen LogP contribution in [0.5, 0.6) is 0 Å². The van der Waals surface area contributed by atoms with Gasteiger partial charge in [0.1, 0.15) is 5.82 Å². The monoisotopic (exact) mass is 348 g/mol. The van der Waals surface area contributed by atoms with Crippen molar-refractivity contribution in [1.29, 1.82) is 5.26 Å².